The number of hydrogen-bond donors (Lipinski definition) is 2. The standard InChI is InChI=1S/C10H16BO5P/c1-14-9-8-7(11)5-16-10(9,6-15-8)3-4-17(2,12)13/h3-4,7-9,12-13H,2,5-6H2,1H3/b4-3+. The summed E-state index contributed by atoms with van der Waals surface area (Å²) in [4.78, 5) is 18.6. The van der Waals surface area contributed by atoms with Crippen LogP contribution < -0.4 is 0 Å². The third-order valence-electron chi connectivity index (χ3n) is 3.10. The van der Waals surface area contributed by atoms with Gasteiger partial charge in [-0.15, -0.1) is 0 Å². The van der Waals surface area contributed by atoms with Gasteiger partial charge in [-0.3, -0.25) is 0 Å². The fraction of sp³-hybridized carbons (Fsp3) is 0.700. The van der Waals surface area contributed by atoms with Crippen LogP contribution in [-0.4, -0.2) is 62.1 Å². The molecule has 2 heterocycles. The van der Waals surface area contributed by atoms with Gasteiger partial charge in [-0.05, 0) is 24.0 Å². The Morgan fingerprint density at radius 2 is 2.29 bits per heavy atom. The molecule has 2 radical (unpaired) electrons. The van der Waals surface area contributed by atoms with Crippen LogP contribution in [0.2, 0.25) is 5.82 Å². The van der Waals surface area contributed by atoms with Crippen LogP contribution in [0.5, 0.6) is 0 Å². The summed E-state index contributed by atoms with van der Waals surface area (Å²) in [6, 6.07) is 0. The van der Waals surface area contributed by atoms with E-state index in [1.54, 1.807) is 13.2 Å². The van der Waals surface area contributed by atoms with Crippen molar-refractivity contribution in [2.45, 2.75) is 23.6 Å². The molecule has 0 aromatic heterocycles. The lowest BCUT2D eigenvalue weighted by Crippen LogP contribution is -2.52. The zero-order valence-corrected chi connectivity index (χ0v) is 10.5. The number of methoxy groups -OCH3 is 1. The molecule has 2 rings (SSSR count). The van der Waals surface area contributed by atoms with Crippen molar-refractivity contribution >= 4 is 21.5 Å². The van der Waals surface area contributed by atoms with Crippen molar-refractivity contribution < 1.29 is 24.0 Å². The van der Waals surface area contributed by atoms with E-state index in [1.807, 2.05) is 0 Å². The minimum absolute atomic E-state index is 0.228. The van der Waals surface area contributed by atoms with Gasteiger partial charge in [-0.1, -0.05) is 0 Å². The summed E-state index contributed by atoms with van der Waals surface area (Å²) in [6.45, 7) is 0.648. The van der Waals surface area contributed by atoms with Crippen LogP contribution in [0.3, 0.4) is 0 Å². The summed E-state index contributed by atoms with van der Waals surface area (Å²) < 4.78 is 16.6. The van der Waals surface area contributed by atoms with Crippen molar-refractivity contribution in [1.29, 1.82) is 0 Å². The number of ether oxygens (including phenoxy) is 3. The predicted molar refractivity (Wildman–Crippen MR) is 66.3 cm³/mol. The number of hydrogen-bond acceptors (Lipinski definition) is 5. The SMILES string of the molecule is [B]C1COC2(/C=C/P(=C)(O)O)COC1C2OC. The summed E-state index contributed by atoms with van der Waals surface area (Å²) in [5.74, 6) is 1.04. The first kappa shape index (κ1) is 13.3. The molecule has 94 valence electrons. The summed E-state index contributed by atoms with van der Waals surface area (Å²) in [7, 11) is 4.20. The Labute approximate surface area is 102 Å². The van der Waals surface area contributed by atoms with Crippen molar-refractivity contribution in [3.8, 4) is 0 Å². The molecule has 0 amide bonds. The Bertz CT molecular complexity index is 368. The Morgan fingerprint density at radius 1 is 1.59 bits per heavy atom. The average molecular weight is 258 g/mol. The van der Waals surface area contributed by atoms with Gasteiger partial charge >= 0.3 is 0 Å². The smallest absolute Gasteiger partial charge is 0.138 e. The van der Waals surface area contributed by atoms with E-state index in [0.717, 1.165) is 0 Å². The molecule has 2 fully saturated rings. The van der Waals surface area contributed by atoms with E-state index >= 15 is 0 Å². The van der Waals surface area contributed by atoms with Gasteiger partial charge in [-0.2, -0.15) is 0 Å². The molecule has 0 saturated carbocycles. The highest BCUT2D eigenvalue weighted by Gasteiger charge is 2.55. The molecule has 2 aliphatic heterocycles. The molecule has 4 atom stereocenters. The molecule has 0 spiro atoms. The number of rotatable bonds is 3. The maximum absolute atomic E-state index is 9.29. The van der Waals surface area contributed by atoms with E-state index in [4.69, 9.17) is 22.1 Å². The summed E-state index contributed by atoms with van der Waals surface area (Å²) in [5.41, 5.74) is -0.788. The molecule has 0 aliphatic carbocycles. The second-order valence-electron chi connectivity index (χ2n) is 4.46. The van der Waals surface area contributed by atoms with Crippen molar-refractivity contribution in [1.82, 2.24) is 0 Å². The molecule has 5 nitrogen and oxygen atoms in total. The van der Waals surface area contributed by atoms with Crippen LogP contribution in [0.4, 0.5) is 0 Å². The third-order valence-corrected chi connectivity index (χ3v) is 3.72. The predicted octanol–water partition coefficient (Wildman–Crippen LogP) is -0.0959. The van der Waals surface area contributed by atoms with E-state index in [1.165, 1.54) is 5.82 Å². The first-order chi connectivity index (χ1) is 7.88. The van der Waals surface area contributed by atoms with Gasteiger partial charge in [-0.25, -0.2) is 0 Å². The Balaban J connectivity index is 2.25. The first-order valence-electron chi connectivity index (χ1n) is 5.31. The monoisotopic (exact) mass is 258 g/mol. The van der Waals surface area contributed by atoms with Gasteiger partial charge in [0.1, 0.15) is 19.0 Å². The largest absolute Gasteiger partial charge is 0.375 e. The first-order valence-corrected chi connectivity index (χ1v) is 7.26. The Hall–Kier alpha value is -0.0951. The highest BCUT2D eigenvalue weighted by atomic mass is 31.2. The fourth-order valence-corrected chi connectivity index (χ4v) is 2.75. The van der Waals surface area contributed by atoms with E-state index in [2.05, 4.69) is 6.30 Å². The fourth-order valence-electron chi connectivity index (χ4n) is 2.26. The Morgan fingerprint density at radius 3 is 2.88 bits per heavy atom. The third kappa shape index (κ3) is 2.52. The summed E-state index contributed by atoms with van der Waals surface area (Å²) in [5, 5.41) is 0. The zero-order valence-electron chi connectivity index (χ0n) is 9.65. The van der Waals surface area contributed by atoms with Crippen LogP contribution >= 0.6 is 7.34 Å². The van der Waals surface area contributed by atoms with Crippen LogP contribution in [-0.2, 0) is 14.2 Å². The highest BCUT2D eigenvalue weighted by Crippen LogP contribution is 2.44. The average Bonchev–Trinajstić information content (AvgIpc) is 2.53. The maximum Gasteiger partial charge on any atom is 0.138 e. The van der Waals surface area contributed by atoms with Gasteiger partial charge in [0.15, 0.2) is 0 Å². The molecule has 2 bridgehead atoms. The van der Waals surface area contributed by atoms with Crippen LogP contribution in [0.15, 0.2) is 11.9 Å². The van der Waals surface area contributed by atoms with Gasteiger partial charge in [0, 0.05) is 13.7 Å². The number of fused-ring (bicyclic) bond motifs is 2. The second-order valence-corrected chi connectivity index (χ2v) is 6.33. The van der Waals surface area contributed by atoms with Crippen molar-refractivity contribution in [3.05, 3.63) is 11.9 Å². The van der Waals surface area contributed by atoms with Crippen molar-refractivity contribution in [2.75, 3.05) is 20.3 Å². The molecule has 0 aromatic rings. The lowest BCUT2D eigenvalue weighted by atomic mass is 9.76. The van der Waals surface area contributed by atoms with Gasteiger partial charge in [0.25, 0.3) is 0 Å². The highest BCUT2D eigenvalue weighted by molar-refractivity contribution is 7.65. The minimum Gasteiger partial charge on any atom is -0.375 e. The summed E-state index contributed by atoms with van der Waals surface area (Å²) in [6.07, 6.45) is 4.28. The van der Waals surface area contributed by atoms with Crippen molar-refractivity contribution in [3.63, 3.8) is 0 Å². The lowest BCUT2D eigenvalue weighted by Gasteiger charge is -2.39. The summed E-state index contributed by atoms with van der Waals surface area (Å²) >= 11 is 0. The molecule has 4 unspecified atom stereocenters. The van der Waals surface area contributed by atoms with Gasteiger partial charge in [0.05, 0.1) is 20.6 Å². The van der Waals surface area contributed by atoms with Gasteiger partial charge in [0.2, 0.25) is 0 Å². The molecule has 2 saturated heterocycles. The lowest BCUT2D eigenvalue weighted by molar-refractivity contribution is -0.117. The van der Waals surface area contributed by atoms with Crippen molar-refractivity contribution in [2.24, 2.45) is 0 Å². The molecule has 2 N–H and O–H groups in total. The maximum atomic E-state index is 9.29. The van der Waals surface area contributed by atoms with E-state index in [-0.39, 0.29) is 18.0 Å². The van der Waals surface area contributed by atoms with E-state index in [0.29, 0.717) is 13.2 Å². The van der Waals surface area contributed by atoms with Crippen LogP contribution in [0.25, 0.3) is 0 Å². The molecule has 7 heteroatoms. The van der Waals surface area contributed by atoms with E-state index < -0.39 is 12.9 Å². The molecule has 2 aliphatic rings. The second kappa shape index (κ2) is 4.54. The topological polar surface area (TPSA) is 68.2 Å². The Kier molecular flexibility index (Phi) is 3.56. The molecule has 0 aromatic carbocycles. The van der Waals surface area contributed by atoms with Crippen LogP contribution in [0, 0.1) is 0 Å². The quantitative estimate of drug-likeness (QED) is 0.546. The molecule has 17 heavy (non-hydrogen) atoms. The molecular weight excluding hydrogens is 242 g/mol. The van der Waals surface area contributed by atoms with Gasteiger partial charge < -0.3 is 24.0 Å². The normalized spacial score (nSPS) is 42.2. The zero-order chi connectivity index (χ0) is 12.7. The van der Waals surface area contributed by atoms with E-state index in [9.17, 15) is 9.79 Å². The molecular formula is C10H16BO5P. The minimum atomic E-state index is -3.22. The van der Waals surface area contributed by atoms with Crippen LogP contribution in [0.1, 0.15) is 0 Å².